The van der Waals surface area contributed by atoms with Crippen molar-refractivity contribution in [1.82, 2.24) is 16.0 Å². The number of ether oxygens (including phenoxy) is 1. The summed E-state index contributed by atoms with van der Waals surface area (Å²) in [4.78, 5) is 53.6. The Morgan fingerprint density at radius 3 is 2.05 bits per heavy atom. The number of anilines is 1. The normalized spacial score (nSPS) is 13.0. The molecule has 0 spiro atoms. The summed E-state index contributed by atoms with van der Waals surface area (Å²) in [5.41, 5.74) is -0.198. The van der Waals surface area contributed by atoms with E-state index in [1.165, 1.54) is 4.90 Å². The molecular weight excluding hydrogens is 564 g/mol. The molecule has 0 saturated heterocycles. The molecule has 39 heavy (non-hydrogen) atoms. The number of alkyl carbamates (subject to hydrolysis) is 1. The lowest BCUT2D eigenvalue weighted by Gasteiger charge is -2.37. The second-order valence-corrected chi connectivity index (χ2v) is 12.1. The molecule has 1 unspecified atom stereocenters. The van der Waals surface area contributed by atoms with Crippen molar-refractivity contribution >= 4 is 45.4 Å². The largest absolute Gasteiger partial charge is 0.444 e. The lowest BCUT2D eigenvalue weighted by atomic mass is 9.91. The molecule has 0 radical (unpaired) electrons. The van der Waals surface area contributed by atoms with Gasteiger partial charge in [-0.1, -0.05) is 56.5 Å². The standard InChI is InChI=1S/C29H47BrN4O5/c1-9-21(10-2)25(26(36)32-18-16-24(35)31-17-15-19(3)4)34(23-13-11-22(30)12-14-23)27(37)20(5)33-28(38)39-29(6,7)8/h11-14,19-21,25H,9-10,15-18H2,1-8H3,(H,31,35)(H,32,36)(H,33,38)/t20-,25?/m0/s1. The van der Waals surface area contributed by atoms with Gasteiger partial charge < -0.3 is 20.7 Å². The van der Waals surface area contributed by atoms with E-state index in [0.717, 1.165) is 10.9 Å². The number of hydrogen-bond donors (Lipinski definition) is 3. The van der Waals surface area contributed by atoms with Crippen LogP contribution in [0.4, 0.5) is 10.5 Å². The van der Waals surface area contributed by atoms with E-state index in [1.807, 2.05) is 13.8 Å². The fraction of sp³-hybridized carbons (Fsp3) is 0.655. The fourth-order valence-electron chi connectivity index (χ4n) is 4.05. The Hall–Kier alpha value is -2.62. The summed E-state index contributed by atoms with van der Waals surface area (Å²) in [6.07, 6.45) is 1.61. The summed E-state index contributed by atoms with van der Waals surface area (Å²) in [7, 11) is 0. The highest BCUT2D eigenvalue weighted by Crippen LogP contribution is 2.28. The molecule has 0 fully saturated rings. The molecule has 9 nitrogen and oxygen atoms in total. The van der Waals surface area contributed by atoms with Crippen LogP contribution >= 0.6 is 15.9 Å². The Morgan fingerprint density at radius 1 is 0.949 bits per heavy atom. The van der Waals surface area contributed by atoms with Crippen LogP contribution in [0.3, 0.4) is 0 Å². The summed E-state index contributed by atoms with van der Waals surface area (Å²) >= 11 is 3.42. The van der Waals surface area contributed by atoms with E-state index in [9.17, 15) is 19.2 Å². The molecule has 10 heteroatoms. The molecule has 2 atom stereocenters. The van der Waals surface area contributed by atoms with E-state index in [2.05, 4.69) is 45.7 Å². The van der Waals surface area contributed by atoms with E-state index in [0.29, 0.717) is 31.0 Å². The molecular formula is C29H47BrN4O5. The molecule has 4 amide bonds. The smallest absolute Gasteiger partial charge is 0.408 e. The molecule has 0 saturated carbocycles. The van der Waals surface area contributed by atoms with E-state index in [-0.39, 0.29) is 30.7 Å². The molecule has 0 aliphatic heterocycles. The highest BCUT2D eigenvalue weighted by Gasteiger charge is 2.38. The third-order valence-corrected chi connectivity index (χ3v) is 6.71. The topological polar surface area (TPSA) is 117 Å². The molecule has 1 rings (SSSR count). The molecule has 1 aromatic rings. The Morgan fingerprint density at radius 2 is 1.54 bits per heavy atom. The Kier molecular flexibility index (Phi) is 14.5. The first kappa shape index (κ1) is 34.4. The third kappa shape index (κ3) is 12.4. The number of benzene rings is 1. The average Bonchev–Trinajstić information content (AvgIpc) is 2.83. The lowest BCUT2D eigenvalue weighted by Crippen LogP contribution is -2.58. The Labute approximate surface area is 242 Å². The highest BCUT2D eigenvalue weighted by atomic mass is 79.9. The zero-order valence-electron chi connectivity index (χ0n) is 24.7. The zero-order valence-corrected chi connectivity index (χ0v) is 26.3. The van der Waals surface area contributed by atoms with Crippen molar-refractivity contribution in [3.63, 3.8) is 0 Å². The Bertz CT molecular complexity index is 942. The third-order valence-electron chi connectivity index (χ3n) is 6.18. The van der Waals surface area contributed by atoms with Crippen LogP contribution in [0.5, 0.6) is 0 Å². The molecule has 3 N–H and O–H groups in total. The van der Waals surface area contributed by atoms with E-state index in [4.69, 9.17) is 4.74 Å². The number of nitrogens with zero attached hydrogens (tertiary/aromatic N) is 1. The maximum Gasteiger partial charge on any atom is 0.408 e. The van der Waals surface area contributed by atoms with Gasteiger partial charge in [0.25, 0.3) is 0 Å². The van der Waals surface area contributed by atoms with Gasteiger partial charge in [0, 0.05) is 29.7 Å². The Balaban J connectivity index is 3.21. The van der Waals surface area contributed by atoms with Crippen LogP contribution in [0.2, 0.25) is 0 Å². The predicted molar refractivity (Wildman–Crippen MR) is 158 cm³/mol. The van der Waals surface area contributed by atoms with Crippen LogP contribution in [0.25, 0.3) is 0 Å². The monoisotopic (exact) mass is 610 g/mol. The first-order valence-electron chi connectivity index (χ1n) is 13.8. The summed E-state index contributed by atoms with van der Waals surface area (Å²) in [5.74, 6) is -0.599. The van der Waals surface area contributed by atoms with E-state index < -0.39 is 29.7 Å². The van der Waals surface area contributed by atoms with Crippen molar-refractivity contribution < 1.29 is 23.9 Å². The van der Waals surface area contributed by atoms with Gasteiger partial charge in [0.1, 0.15) is 17.7 Å². The molecule has 0 aliphatic rings. The molecule has 1 aromatic carbocycles. The van der Waals surface area contributed by atoms with Crippen LogP contribution in [0.15, 0.2) is 28.7 Å². The number of halogens is 1. The molecule has 0 heterocycles. The van der Waals surface area contributed by atoms with Crippen LogP contribution in [-0.2, 0) is 19.1 Å². The van der Waals surface area contributed by atoms with Crippen molar-refractivity contribution in [2.24, 2.45) is 11.8 Å². The second-order valence-electron chi connectivity index (χ2n) is 11.1. The summed E-state index contributed by atoms with van der Waals surface area (Å²) in [5, 5.41) is 8.35. The minimum Gasteiger partial charge on any atom is -0.444 e. The number of nitrogens with one attached hydrogen (secondary N) is 3. The molecule has 220 valence electrons. The minimum absolute atomic E-state index is 0.133. The molecule has 0 aromatic heterocycles. The van der Waals surface area contributed by atoms with Gasteiger partial charge in [-0.25, -0.2) is 4.79 Å². The van der Waals surface area contributed by atoms with Gasteiger partial charge in [-0.3, -0.25) is 19.3 Å². The quantitative estimate of drug-likeness (QED) is 0.269. The van der Waals surface area contributed by atoms with Crippen LogP contribution < -0.4 is 20.9 Å². The molecule has 0 bridgehead atoms. The van der Waals surface area contributed by atoms with Crippen molar-refractivity contribution in [1.29, 1.82) is 0 Å². The highest BCUT2D eigenvalue weighted by molar-refractivity contribution is 9.10. The predicted octanol–water partition coefficient (Wildman–Crippen LogP) is 5.17. The fourth-order valence-corrected chi connectivity index (χ4v) is 4.32. The van der Waals surface area contributed by atoms with Crippen LogP contribution in [0.1, 0.15) is 81.1 Å². The van der Waals surface area contributed by atoms with Gasteiger partial charge in [-0.15, -0.1) is 0 Å². The summed E-state index contributed by atoms with van der Waals surface area (Å²) in [6.45, 7) is 15.7. The van der Waals surface area contributed by atoms with Gasteiger partial charge >= 0.3 is 6.09 Å². The maximum atomic E-state index is 13.9. The number of carbonyl (C=O) groups is 4. The van der Waals surface area contributed by atoms with Crippen LogP contribution in [-0.4, -0.2) is 54.6 Å². The summed E-state index contributed by atoms with van der Waals surface area (Å²) in [6, 6.07) is 5.30. The lowest BCUT2D eigenvalue weighted by molar-refractivity contribution is -0.128. The number of hydrogen-bond acceptors (Lipinski definition) is 5. The van der Waals surface area contributed by atoms with Gasteiger partial charge in [0.15, 0.2) is 0 Å². The van der Waals surface area contributed by atoms with Gasteiger partial charge in [-0.05, 0) is 70.2 Å². The van der Waals surface area contributed by atoms with Crippen molar-refractivity contribution in [2.75, 3.05) is 18.0 Å². The van der Waals surface area contributed by atoms with E-state index in [1.54, 1.807) is 52.0 Å². The first-order chi connectivity index (χ1) is 18.2. The number of carbonyl (C=O) groups excluding carboxylic acids is 4. The first-order valence-corrected chi connectivity index (χ1v) is 14.6. The van der Waals surface area contributed by atoms with Crippen molar-refractivity contribution in [3.05, 3.63) is 28.7 Å². The van der Waals surface area contributed by atoms with E-state index >= 15 is 0 Å². The summed E-state index contributed by atoms with van der Waals surface area (Å²) < 4.78 is 6.15. The number of amides is 4. The SMILES string of the molecule is CCC(CC)C(C(=O)NCCC(=O)NCCC(C)C)N(C(=O)[C@H](C)NC(=O)OC(C)(C)C)c1ccc(Br)cc1. The van der Waals surface area contributed by atoms with Crippen LogP contribution in [0, 0.1) is 11.8 Å². The van der Waals surface area contributed by atoms with Gasteiger partial charge in [-0.2, -0.15) is 0 Å². The molecule has 0 aliphatic carbocycles. The second kappa shape index (κ2) is 16.5. The van der Waals surface area contributed by atoms with Gasteiger partial charge in [0.2, 0.25) is 17.7 Å². The van der Waals surface area contributed by atoms with Crippen molar-refractivity contribution in [2.45, 2.75) is 98.8 Å². The maximum absolute atomic E-state index is 13.9. The number of rotatable bonds is 14. The van der Waals surface area contributed by atoms with Gasteiger partial charge in [0.05, 0.1) is 0 Å². The minimum atomic E-state index is -0.958. The zero-order chi connectivity index (χ0) is 29.8. The average molecular weight is 612 g/mol. The van der Waals surface area contributed by atoms with Crippen molar-refractivity contribution in [3.8, 4) is 0 Å².